The molecule has 16 rings (SSSR count). The zero-order valence-corrected chi connectivity index (χ0v) is 66.8. The van der Waals surface area contributed by atoms with E-state index >= 15 is 0 Å². The highest BCUT2D eigenvalue weighted by Crippen LogP contribution is 2.39. The molecule has 4 heterocycles. The molecule has 0 radical (unpaired) electrons. The van der Waals surface area contributed by atoms with Crippen molar-refractivity contribution in [2.75, 3.05) is 21.3 Å². The van der Waals surface area contributed by atoms with Crippen LogP contribution in [0.2, 0.25) is 40.2 Å². The van der Waals surface area contributed by atoms with Gasteiger partial charge in [-0.25, -0.2) is 9.37 Å². The molecule has 568 valence electrons. The Bertz CT molecular complexity index is 6110. The van der Waals surface area contributed by atoms with Crippen molar-refractivity contribution in [3.63, 3.8) is 0 Å². The van der Waals surface area contributed by atoms with Gasteiger partial charge in [0.1, 0.15) is 63.2 Å². The summed E-state index contributed by atoms with van der Waals surface area (Å²) in [4.78, 5) is 55.6. The molecule has 113 heavy (non-hydrogen) atoms. The van der Waals surface area contributed by atoms with Crippen molar-refractivity contribution >= 4 is 183 Å². The lowest BCUT2D eigenvalue weighted by Crippen LogP contribution is -2.12. The number of anilines is 5. The Labute approximate surface area is 688 Å². The molecular weight excluding hydrogens is 1600 g/mol. The van der Waals surface area contributed by atoms with Gasteiger partial charge >= 0.3 is 0 Å². The maximum Gasteiger partial charge on any atom is 0.257 e. The number of aromatic amines is 4. The fraction of sp³-hybridized carbons (Fsp3) is 0.0682. The van der Waals surface area contributed by atoms with Gasteiger partial charge in [-0.1, -0.05) is 92.8 Å². The Morgan fingerprint density at radius 3 is 1.23 bits per heavy atom. The normalized spacial score (nSPS) is 10.9. The Morgan fingerprint density at radius 1 is 0.372 bits per heavy atom. The van der Waals surface area contributed by atoms with Crippen LogP contribution in [0.25, 0.3) is 43.7 Å². The van der Waals surface area contributed by atoms with Crippen molar-refractivity contribution in [1.82, 2.24) is 24.9 Å². The summed E-state index contributed by atoms with van der Waals surface area (Å²) in [6.07, 6.45) is 5.53. The summed E-state index contributed by atoms with van der Waals surface area (Å²) in [5.74, 6) is 4.31. The maximum absolute atomic E-state index is 13.8. The Kier molecular flexibility index (Phi) is 24.9. The van der Waals surface area contributed by atoms with Crippen LogP contribution in [-0.2, 0) is 0 Å². The summed E-state index contributed by atoms with van der Waals surface area (Å²) in [7, 11) is 0. The highest BCUT2D eigenvalue weighted by atomic mass is 35.5. The molecule has 0 aliphatic carbocycles. The largest absolute Gasteiger partial charge is 0.456 e. The molecule has 16 aromatic rings. The van der Waals surface area contributed by atoms with Gasteiger partial charge in [0, 0.05) is 77.6 Å². The fourth-order valence-corrected chi connectivity index (χ4v) is 13.5. The number of fused-ring (bicyclic) bond motifs is 4. The van der Waals surface area contributed by atoms with E-state index in [-0.39, 0.29) is 23.5 Å². The number of imidazole rings is 1. The molecule has 0 bridgehead atoms. The number of H-pyrrole nitrogens is 4. The molecule has 16 nitrogen and oxygen atoms in total. The Balaban J connectivity index is 0.000000132. The predicted octanol–water partition coefficient (Wildman–Crippen LogP) is 28.0. The number of carbonyl (C=O) groups is 3. The maximum atomic E-state index is 13.8. The molecule has 0 unspecified atom stereocenters. The Morgan fingerprint density at radius 2 is 0.770 bits per heavy atom. The summed E-state index contributed by atoms with van der Waals surface area (Å²) < 4.78 is 36.8. The van der Waals surface area contributed by atoms with Gasteiger partial charge < -0.3 is 60.2 Å². The molecule has 25 heteroatoms. The van der Waals surface area contributed by atoms with Gasteiger partial charge in [0.15, 0.2) is 0 Å². The van der Waals surface area contributed by atoms with Gasteiger partial charge in [-0.2, -0.15) is 0 Å². The lowest BCUT2D eigenvalue weighted by atomic mass is 10.0. The molecule has 0 aliphatic heterocycles. The highest BCUT2D eigenvalue weighted by Gasteiger charge is 2.20. The van der Waals surface area contributed by atoms with Crippen LogP contribution in [0.5, 0.6) is 46.0 Å². The average Bonchev–Trinajstić information content (AvgIpc) is 1.60. The monoisotopic (exact) mass is 1660 g/mol. The number of hydrogen-bond donors (Lipinski definition) is 8. The van der Waals surface area contributed by atoms with Gasteiger partial charge in [0.05, 0.1) is 64.5 Å². The first-order chi connectivity index (χ1) is 54.3. The van der Waals surface area contributed by atoms with Crippen molar-refractivity contribution < 1.29 is 37.7 Å². The van der Waals surface area contributed by atoms with Crippen LogP contribution in [0.15, 0.2) is 243 Å². The molecule has 8 N–H and O–H groups in total. The van der Waals surface area contributed by atoms with E-state index in [2.05, 4.69) is 52.3 Å². The van der Waals surface area contributed by atoms with E-state index in [0.717, 1.165) is 83.2 Å². The number of aromatic nitrogens is 5. The summed E-state index contributed by atoms with van der Waals surface area (Å²) in [6.45, 7) is 11.6. The lowest BCUT2D eigenvalue weighted by Gasteiger charge is -2.11. The van der Waals surface area contributed by atoms with E-state index in [1.807, 2.05) is 103 Å². The zero-order chi connectivity index (χ0) is 79.7. The first-order valence-electron chi connectivity index (χ1n) is 34.8. The standard InChI is InChI=1S/C23H18Cl2N2O2.C22H17Cl2N3O2.C22H16Cl2N2O2.C21H15Cl2FN2O/c1-13-9-18-14(2)12-26-22(18)19(10-13)23(28)27-16-5-8-21(20(25)11-16)29-17-6-3-15(24)4-7-17;1-12-9-17(21-19(10-12)25-13(2)26-21)22(28)27-15-5-8-20(18(24)11-15)29-16-6-3-14(23)4-7-16;1-13-10-14-8-9-25-21(14)18(11-13)22(27)26-16-4-7-20(19(24)12-16)28-17-5-2-15(23)3-6-17;1-12-8-14(24)9-17-19(11-25-21(12)17)26-15-4-7-20(18(23)10-15)27-16-5-2-13(22)3-6-16/h3-12,26H,1-2H3,(H,27,28);3-11H,1-2H3,(H,25,26)(H,27,28);2-12,25H,1H3,(H,26,27);2-11,25-26H,1H3. The Hall–Kier alpha value is -11.6. The number of nitrogens with one attached hydrogen (secondary N) is 8. The zero-order valence-electron chi connectivity index (χ0n) is 60.8. The van der Waals surface area contributed by atoms with Crippen LogP contribution in [0, 0.1) is 47.4 Å². The summed E-state index contributed by atoms with van der Waals surface area (Å²) in [5, 5.41) is 18.9. The van der Waals surface area contributed by atoms with Crippen molar-refractivity contribution in [3.8, 4) is 46.0 Å². The topological polar surface area (TPSA) is 212 Å². The predicted molar refractivity (Wildman–Crippen MR) is 458 cm³/mol. The molecule has 0 saturated heterocycles. The number of hydrogen-bond acceptors (Lipinski definition) is 9. The summed E-state index contributed by atoms with van der Waals surface area (Å²) in [5.41, 5.74) is 13.9. The van der Waals surface area contributed by atoms with Gasteiger partial charge in [-0.15, -0.1) is 0 Å². The van der Waals surface area contributed by atoms with Crippen LogP contribution >= 0.6 is 92.8 Å². The minimum Gasteiger partial charge on any atom is -0.456 e. The molecule has 0 fully saturated rings. The van der Waals surface area contributed by atoms with Gasteiger partial charge in [-0.05, 0) is 294 Å². The molecule has 0 saturated carbocycles. The minimum absolute atomic E-state index is 0.206. The highest BCUT2D eigenvalue weighted by molar-refractivity contribution is 6.34. The molecule has 0 spiro atoms. The molecule has 0 aliphatic rings. The summed E-state index contributed by atoms with van der Waals surface area (Å²) >= 11 is 48.9. The number of carbonyl (C=O) groups excluding carboxylic acids is 3. The minimum atomic E-state index is -0.271. The quantitative estimate of drug-likeness (QED) is 0.0462. The third kappa shape index (κ3) is 20.0. The second-order valence-electron chi connectivity index (χ2n) is 26.1. The van der Waals surface area contributed by atoms with Gasteiger partial charge in [-0.3, -0.25) is 14.4 Å². The van der Waals surface area contributed by atoms with Crippen molar-refractivity contribution in [3.05, 3.63) is 339 Å². The molecule has 0 atom stereocenters. The second kappa shape index (κ2) is 35.4. The van der Waals surface area contributed by atoms with Gasteiger partial charge in [0.25, 0.3) is 17.7 Å². The van der Waals surface area contributed by atoms with Crippen LogP contribution in [0.4, 0.5) is 32.8 Å². The van der Waals surface area contributed by atoms with E-state index in [9.17, 15) is 18.8 Å². The number of ether oxygens (including phenoxy) is 4. The number of benzene rings is 12. The van der Waals surface area contributed by atoms with Crippen molar-refractivity contribution in [2.24, 2.45) is 0 Å². The lowest BCUT2D eigenvalue weighted by molar-refractivity contribution is 0.102. The van der Waals surface area contributed by atoms with E-state index in [0.29, 0.717) is 125 Å². The van der Waals surface area contributed by atoms with E-state index in [1.54, 1.807) is 164 Å². The van der Waals surface area contributed by atoms with Crippen LogP contribution in [0.1, 0.15) is 64.7 Å². The second-order valence-corrected chi connectivity index (χ2v) is 29.5. The number of nitrogens with zero attached hydrogens (tertiary/aromatic N) is 1. The number of aryl methyl sites for hydroxylation is 6. The first-order valence-corrected chi connectivity index (χ1v) is 37.8. The van der Waals surface area contributed by atoms with Crippen LogP contribution in [-0.4, -0.2) is 42.6 Å². The van der Waals surface area contributed by atoms with E-state index in [1.165, 1.54) is 12.1 Å². The third-order valence-corrected chi connectivity index (χ3v) is 19.6. The van der Waals surface area contributed by atoms with Crippen molar-refractivity contribution in [2.45, 2.75) is 41.5 Å². The average molecular weight is 1660 g/mol. The smallest absolute Gasteiger partial charge is 0.257 e. The first kappa shape index (κ1) is 79.5. The van der Waals surface area contributed by atoms with Crippen LogP contribution in [0.3, 0.4) is 0 Å². The van der Waals surface area contributed by atoms with E-state index in [4.69, 9.17) is 112 Å². The van der Waals surface area contributed by atoms with Crippen LogP contribution < -0.4 is 40.2 Å². The number of halogens is 9. The molecule has 4 aromatic heterocycles. The van der Waals surface area contributed by atoms with Gasteiger partial charge in [0.2, 0.25) is 0 Å². The fourth-order valence-electron chi connectivity index (χ4n) is 12.1. The SMILES string of the molecule is Cc1cc(C(=O)Nc2ccc(Oc3ccc(Cl)cc3)c(Cl)c2)c2[nH]cc(C)c2c1.Cc1cc(C(=O)Nc2ccc(Oc3ccc(Cl)cc3)c(Cl)c2)c2[nH]ccc2c1.Cc1cc(C(=O)Nc2ccc(Oc3ccc(Cl)cc3)c(Cl)c2)c2nc(C)[nH]c2c1.Cc1cc(F)cc2c(Nc3ccc(Oc4ccc(Cl)cc4)c(Cl)c3)c[nH]c12. The summed E-state index contributed by atoms with van der Waals surface area (Å²) in [6, 6.07) is 65.3. The molecule has 3 amide bonds. The van der Waals surface area contributed by atoms with Crippen molar-refractivity contribution in [1.29, 1.82) is 0 Å². The number of amides is 3. The molecular formula is C88H66Cl8FN9O7. The molecule has 12 aromatic carbocycles. The number of rotatable bonds is 16. The van der Waals surface area contributed by atoms with E-state index < -0.39 is 0 Å². The third-order valence-electron chi connectivity index (χ3n) is 17.4.